The Kier molecular flexibility index (Phi) is 7.15. The number of nitrogens with one attached hydrogen (secondary N) is 2. The van der Waals surface area contributed by atoms with Crippen molar-refractivity contribution in [2.45, 2.75) is 18.9 Å². The highest BCUT2D eigenvalue weighted by atomic mass is 19.2. The second kappa shape index (κ2) is 10.7. The molecule has 2 heterocycles. The molecule has 0 saturated carbocycles. The van der Waals surface area contributed by atoms with Crippen LogP contribution in [-0.4, -0.2) is 48.8 Å². The predicted octanol–water partition coefficient (Wildman–Crippen LogP) is 4.27. The Hall–Kier alpha value is -4.18. The van der Waals surface area contributed by atoms with Crippen molar-refractivity contribution in [2.24, 2.45) is 0 Å². The number of carbonyl (C=O) groups is 3. The van der Waals surface area contributed by atoms with Gasteiger partial charge in [0.25, 0.3) is 11.8 Å². The summed E-state index contributed by atoms with van der Waals surface area (Å²) in [6.45, 7) is 2.61. The van der Waals surface area contributed by atoms with Crippen LogP contribution in [0.3, 0.4) is 0 Å². The third-order valence-electron chi connectivity index (χ3n) is 6.73. The minimum absolute atomic E-state index is 0.131. The lowest BCUT2D eigenvalue weighted by molar-refractivity contribution is -0.116. The molecule has 10 heteroatoms. The van der Waals surface area contributed by atoms with Gasteiger partial charge in [-0.25, -0.2) is 13.2 Å². The van der Waals surface area contributed by atoms with E-state index >= 15 is 0 Å². The fourth-order valence-corrected chi connectivity index (χ4v) is 4.82. The van der Waals surface area contributed by atoms with Crippen molar-refractivity contribution >= 4 is 29.1 Å². The Bertz CT molecular complexity index is 1390. The van der Waals surface area contributed by atoms with Gasteiger partial charge in [0, 0.05) is 30.8 Å². The van der Waals surface area contributed by atoms with E-state index < -0.39 is 35.3 Å². The fraction of sp³-hybridized carbons (Fsp3) is 0.250. The lowest BCUT2D eigenvalue weighted by Crippen LogP contribution is -2.36. The van der Waals surface area contributed by atoms with Crippen molar-refractivity contribution in [1.29, 1.82) is 0 Å². The van der Waals surface area contributed by atoms with E-state index in [2.05, 4.69) is 10.6 Å². The van der Waals surface area contributed by atoms with E-state index in [4.69, 9.17) is 0 Å². The summed E-state index contributed by atoms with van der Waals surface area (Å²) >= 11 is 0. The Morgan fingerprint density at radius 1 is 0.816 bits per heavy atom. The Labute approximate surface area is 217 Å². The molecule has 1 atom stereocenters. The molecule has 2 N–H and O–H groups in total. The molecule has 2 aliphatic heterocycles. The van der Waals surface area contributed by atoms with Crippen molar-refractivity contribution < 1.29 is 27.6 Å². The topological polar surface area (TPSA) is 81.8 Å². The molecule has 0 bridgehead atoms. The molecule has 0 aromatic heterocycles. The zero-order chi connectivity index (χ0) is 26.8. The van der Waals surface area contributed by atoms with Crippen LogP contribution >= 0.6 is 0 Å². The summed E-state index contributed by atoms with van der Waals surface area (Å²) in [5.74, 6) is -4.09. The first-order chi connectivity index (χ1) is 18.3. The molecule has 7 nitrogen and oxygen atoms in total. The number of hydrogen-bond donors (Lipinski definition) is 2. The number of fused-ring (bicyclic) bond motifs is 1. The Morgan fingerprint density at radius 3 is 2.32 bits per heavy atom. The molecule has 0 aliphatic carbocycles. The molecular weight excluding hydrogens is 497 g/mol. The predicted molar refractivity (Wildman–Crippen MR) is 135 cm³/mol. The van der Waals surface area contributed by atoms with Gasteiger partial charge < -0.3 is 15.5 Å². The number of amides is 3. The normalized spacial score (nSPS) is 17.8. The Balaban J connectivity index is 1.60. The number of hydrogen-bond acceptors (Lipinski definition) is 4. The van der Waals surface area contributed by atoms with E-state index in [0.29, 0.717) is 30.8 Å². The summed E-state index contributed by atoms with van der Waals surface area (Å²) in [4.78, 5) is 43.0. The summed E-state index contributed by atoms with van der Waals surface area (Å²) in [5.41, 5.74) is 1.19. The average Bonchev–Trinajstić information content (AvgIpc) is 3.27. The molecule has 196 valence electrons. The fourth-order valence-electron chi connectivity index (χ4n) is 4.82. The zero-order valence-electron chi connectivity index (χ0n) is 20.3. The van der Waals surface area contributed by atoms with E-state index in [1.54, 1.807) is 17.0 Å². The molecule has 1 fully saturated rings. The van der Waals surface area contributed by atoms with Crippen LogP contribution in [0.1, 0.15) is 45.2 Å². The van der Waals surface area contributed by atoms with Crippen molar-refractivity contribution in [1.82, 2.24) is 10.2 Å². The molecule has 5 rings (SSSR count). The Morgan fingerprint density at radius 2 is 1.55 bits per heavy atom. The number of nitrogens with zero attached hydrogens (tertiary/aromatic N) is 2. The molecule has 0 radical (unpaired) electrons. The summed E-state index contributed by atoms with van der Waals surface area (Å²) in [6.07, 6.45) is 0.625. The van der Waals surface area contributed by atoms with E-state index in [0.717, 1.165) is 31.2 Å². The van der Waals surface area contributed by atoms with Crippen LogP contribution in [0.2, 0.25) is 0 Å². The lowest BCUT2D eigenvalue weighted by atomic mass is 9.99. The van der Waals surface area contributed by atoms with Crippen molar-refractivity contribution in [3.63, 3.8) is 0 Å². The van der Waals surface area contributed by atoms with Crippen LogP contribution in [0.25, 0.3) is 0 Å². The van der Waals surface area contributed by atoms with E-state index in [1.165, 1.54) is 35.2 Å². The van der Waals surface area contributed by atoms with Gasteiger partial charge in [-0.2, -0.15) is 0 Å². The number of anilines is 2. The van der Waals surface area contributed by atoms with Gasteiger partial charge in [-0.1, -0.05) is 12.1 Å². The SMILES string of the molecule is O=C1CC(c2ccc(F)cc2)N(C(=O)c2ccc(F)c(F)c2)c2ccc(C(=O)N3CCCNCC3)cc2N1. The zero-order valence-corrected chi connectivity index (χ0v) is 20.3. The molecule has 3 aromatic rings. The molecular formula is C28H25F3N4O3. The second-order valence-electron chi connectivity index (χ2n) is 9.25. The van der Waals surface area contributed by atoms with Gasteiger partial charge in [0.05, 0.1) is 23.8 Å². The average molecular weight is 523 g/mol. The molecule has 1 unspecified atom stereocenters. The van der Waals surface area contributed by atoms with Gasteiger partial charge in [0.1, 0.15) is 5.82 Å². The first-order valence-electron chi connectivity index (χ1n) is 12.3. The monoisotopic (exact) mass is 522 g/mol. The van der Waals surface area contributed by atoms with Crippen LogP contribution in [0.5, 0.6) is 0 Å². The largest absolute Gasteiger partial charge is 0.337 e. The molecule has 38 heavy (non-hydrogen) atoms. The van der Waals surface area contributed by atoms with Crippen LogP contribution in [0.4, 0.5) is 24.5 Å². The first-order valence-corrected chi connectivity index (χ1v) is 12.3. The maximum atomic E-state index is 14.1. The minimum atomic E-state index is -1.19. The minimum Gasteiger partial charge on any atom is -0.337 e. The standard InChI is InChI=1S/C28H25F3N4O3/c29-20-6-2-17(3-7-20)25-16-26(36)33-23-15-19(27(37)34-12-1-10-32-11-13-34)5-9-24(23)35(25)28(38)18-4-8-21(30)22(31)14-18/h2-9,14-15,25,32H,1,10-13,16H2,(H,33,36). The van der Waals surface area contributed by atoms with Crippen molar-refractivity contribution in [3.8, 4) is 0 Å². The molecule has 1 saturated heterocycles. The summed E-state index contributed by atoms with van der Waals surface area (Å²) in [5, 5.41) is 6.02. The summed E-state index contributed by atoms with van der Waals surface area (Å²) in [7, 11) is 0. The van der Waals surface area contributed by atoms with Gasteiger partial charge in [-0.3, -0.25) is 19.3 Å². The molecule has 3 aromatic carbocycles. The summed E-state index contributed by atoms with van der Waals surface area (Å²) in [6, 6.07) is 12.0. The van der Waals surface area contributed by atoms with Crippen LogP contribution in [-0.2, 0) is 4.79 Å². The van der Waals surface area contributed by atoms with E-state index in [-0.39, 0.29) is 29.3 Å². The molecule has 3 amide bonds. The molecule has 0 spiro atoms. The smallest absolute Gasteiger partial charge is 0.259 e. The molecule has 2 aliphatic rings. The highest BCUT2D eigenvalue weighted by Gasteiger charge is 2.35. The van der Waals surface area contributed by atoms with E-state index in [1.807, 2.05) is 0 Å². The maximum Gasteiger partial charge on any atom is 0.259 e. The number of rotatable bonds is 3. The van der Waals surface area contributed by atoms with Gasteiger partial charge in [-0.15, -0.1) is 0 Å². The van der Waals surface area contributed by atoms with Gasteiger partial charge in [-0.05, 0) is 67.1 Å². The maximum absolute atomic E-state index is 14.1. The van der Waals surface area contributed by atoms with Crippen molar-refractivity contribution in [3.05, 3.63) is 94.8 Å². The van der Waals surface area contributed by atoms with E-state index in [9.17, 15) is 27.6 Å². The highest BCUT2D eigenvalue weighted by molar-refractivity contribution is 6.12. The first kappa shape index (κ1) is 25.5. The highest BCUT2D eigenvalue weighted by Crippen LogP contribution is 2.40. The number of carbonyl (C=O) groups excluding carboxylic acids is 3. The summed E-state index contributed by atoms with van der Waals surface area (Å²) < 4.78 is 41.3. The third-order valence-corrected chi connectivity index (χ3v) is 6.73. The quantitative estimate of drug-likeness (QED) is 0.539. The van der Waals surface area contributed by atoms with Gasteiger partial charge >= 0.3 is 0 Å². The van der Waals surface area contributed by atoms with Gasteiger partial charge in [0.15, 0.2) is 11.6 Å². The van der Waals surface area contributed by atoms with Gasteiger partial charge in [0.2, 0.25) is 5.91 Å². The van der Waals surface area contributed by atoms with Crippen LogP contribution in [0, 0.1) is 17.5 Å². The number of halogens is 3. The van der Waals surface area contributed by atoms with Crippen LogP contribution < -0.4 is 15.5 Å². The van der Waals surface area contributed by atoms with Crippen molar-refractivity contribution in [2.75, 3.05) is 36.4 Å². The lowest BCUT2D eigenvalue weighted by Gasteiger charge is -2.31. The third kappa shape index (κ3) is 5.12. The van der Waals surface area contributed by atoms with Crippen LogP contribution in [0.15, 0.2) is 60.7 Å². The second-order valence-corrected chi connectivity index (χ2v) is 9.25. The number of benzene rings is 3.